The van der Waals surface area contributed by atoms with Crippen molar-refractivity contribution in [2.45, 2.75) is 16.7 Å². The zero-order chi connectivity index (χ0) is 15.9. The second kappa shape index (κ2) is 7.56. The van der Waals surface area contributed by atoms with Gasteiger partial charge in [0.05, 0.1) is 15.2 Å². The average molecular weight is 317 g/mol. The van der Waals surface area contributed by atoms with Gasteiger partial charge < -0.3 is 5.32 Å². The summed E-state index contributed by atoms with van der Waals surface area (Å²) in [5, 5.41) is 13.5. The molecule has 0 saturated heterocycles. The molecular formula is C15H15N3O3S. The molecule has 0 saturated carbocycles. The summed E-state index contributed by atoms with van der Waals surface area (Å²) in [6, 6.07) is 12.6. The number of hydrogen-bond donors (Lipinski definition) is 1. The van der Waals surface area contributed by atoms with E-state index in [-0.39, 0.29) is 16.8 Å². The van der Waals surface area contributed by atoms with Crippen molar-refractivity contribution in [1.29, 1.82) is 0 Å². The maximum absolute atomic E-state index is 12.0. The fourth-order valence-corrected chi connectivity index (χ4v) is 2.93. The van der Waals surface area contributed by atoms with Crippen LogP contribution in [0.2, 0.25) is 0 Å². The highest BCUT2D eigenvalue weighted by Crippen LogP contribution is 2.25. The minimum absolute atomic E-state index is 0.0658. The first-order valence-corrected chi connectivity index (χ1v) is 7.50. The van der Waals surface area contributed by atoms with E-state index >= 15 is 0 Å². The van der Waals surface area contributed by atoms with Crippen molar-refractivity contribution in [2.24, 2.45) is 0 Å². The molecule has 0 spiro atoms. The number of pyridine rings is 1. The molecule has 2 aromatic rings. The standard InChI is InChI=1S/C15H15N3O3S/c1-16-15(19)13(9-11-5-3-2-4-6-11)22-14-8-7-12(10-17-14)18(20)21/h2-8,10,13H,9H2,1H3,(H,16,19)/t13-/m1/s1. The van der Waals surface area contributed by atoms with Gasteiger partial charge >= 0.3 is 0 Å². The van der Waals surface area contributed by atoms with Gasteiger partial charge in [-0.1, -0.05) is 42.1 Å². The number of benzene rings is 1. The number of rotatable bonds is 6. The lowest BCUT2D eigenvalue weighted by Crippen LogP contribution is -2.31. The maximum Gasteiger partial charge on any atom is 0.287 e. The van der Waals surface area contributed by atoms with Crippen molar-refractivity contribution in [2.75, 3.05) is 7.05 Å². The van der Waals surface area contributed by atoms with E-state index in [1.165, 1.54) is 24.0 Å². The topological polar surface area (TPSA) is 85.1 Å². The highest BCUT2D eigenvalue weighted by molar-refractivity contribution is 8.00. The highest BCUT2D eigenvalue weighted by atomic mass is 32.2. The molecule has 1 atom stereocenters. The van der Waals surface area contributed by atoms with Gasteiger partial charge in [-0.2, -0.15) is 0 Å². The van der Waals surface area contributed by atoms with Crippen molar-refractivity contribution in [3.05, 3.63) is 64.3 Å². The van der Waals surface area contributed by atoms with Crippen LogP contribution in [0.1, 0.15) is 5.56 Å². The largest absolute Gasteiger partial charge is 0.358 e. The van der Waals surface area contributed by atoms with Gasteiger partial charge in [0.25, 0.3) is 5.69 Å². The molecule has 1 heterocycles. The van der Waals surface area contributed by atoms with Crippen LogP contribution in [0.25, 0.3) is 0 Å². The van der Waals surface area contributed by atoms with Crippen LogP contribution in [0, 0.1) is 10.1 Å². The monoisotopic (exact) mass is 317 g/mol. The van der Waals surface area contributed by atoms with Crippen molar-refractivity contribution < 1.29 is 9.72 Å². The van der Waals surface area contributed by atoms with Crippen LogP contribution < -0.4 is 5.32 Å². The predicted octanol–water partition coefficient (Wildman–Crippen LogP) is 2.44. The van der Waals surface area contributed by atoms with Crippen LogP contribution in [0.3, 0.4) is 0 Å². The van der Waals surface area contributed by atoms with E-state index in [4.69, 9.17) is 0 Å². The molecule has 2 rings (SSSR count). The number of nitro groups is 1. The Bertz CT molecular complexity index is 647. The number of thioether (sulfide) groups is 1. The summed E-state index contributed by atoms with van der Waals surface area (Å²) in [6.45, 7) is 0. The Hall–Kier alpha value is -2.41. The van der Waals surface area contributed by atoms with Gasteiger partial charge in [0, 0.05) is 13.1 Å². The Labute approximate surface area is 132 Å². The summed E-state index contributed by atoms with van der Waals surface area (Å²) < 4.78 is 0. The average Bonchev–Trinajstić information content (AvgIpc) is 2.55. The van der Waals surface area contributed by atoms with Crippen LogP contribution in [-0.2, 0) is 11.2 Å². The zero-order valence-electron chi connectivity index (χ0n) is 11.9. The summed E-state index contributed by atoms with van der Waals surface area (Å²) >= 11 is 1.29. The summed E-state index contributed by atoms with van der Waals surface area (Å²) in [6.07, 6.45) is 1.76. The molecule has 22 heavy (non-hydrogen) atoms. The number of nitrogens with zero attached hydrogens (tertiary/aromatic N) is 2. The Kier molecular flexibility index (Phi) is 5.48. The molecule has 0 aliphatic heterocycles. The molecule has 1 aromatic heterocycles. The van der Waals surface area contributed by atoms with E-state index in [0.29, 0.717) is 11.4 Å². The third kappa shape index (κ3) is 4.29. The minimum atomic E-state index is -0.498. The van der Waals surface area contributed by atoms with Gasteiger partial charge in [-0.15, -0.1) is 0 Å². The predicted molar refractivity (Wildman–Crippen MR) is 84.7 cm³/mol. The third-order valence-electron chi connectivity index (χ3n) is 3.00. The molecule has 1 N–H and O–H groups in total. The second-order valence-corrected chi connectivity index (χ2v) is 5.75. The van der Waals surface area contributed by atoms with E-state index in [0.717, 1.165) is 5.56 Å². The molecule has 0 aliphatic carbocycles. The summed E-state index contributed by atoms with van der Waals surface area (Å²) in [5.41, 5.74) is 0.981. The van der Waals surface area contributed by atoms with E-state index < -0.39 is 4.92 Å². The van der Waals surface area contributed by atoms with Gasteiger partial charge in [-0.3, -0.25) is 14.9 Å². The van der Waals surface area contributed by atoms with Crippen molar-refractivity contribution >= 4 is 23.4 Å². The van der Waals surface area contributed by atoms with Crippen LogP contribution in [-0.4, -0.2) is 28.1 Å². The van der Waals surface area contributed by atoms with E-state index in [9.17, 15) is 14.9 Å². The number of aromatic nitrogens is 1. The maximum atomic E-state index is 12.0. The quantitative estimate of drug-likeness (QED) is 0.502. The number of hydrogen-bond acceptors (Lipinski definition) is 5. The molecule has 7 heteroatoms. The van der Waals surface area contributed by atoms with Gasteiger partial charge in [-0.05, 0) is 18.1 Å². The summed E-state index contributed by atoms with van der Waals surface area (Å²) in [7, 11) is 1.59. The fourth-order valence-electron chi connectivity index (χ4n) is 1.87. The van der Waals surface area contributed by atoms with Crippen molar-refractivity contribution in [3.63, 3.8) is 0 Å². The normalized spacial score (nSPS) is 11.7. The number of nitrogens with one attached hydrogen (secondary N) is 1. The van der Waals surface area contributed by atoms with Gasteiger partial charge in [0.2, 0.25) is 5.91 Å². The molecule has 0 bridgehead atoms. The number of carbonyl (C=O) groups excluding carboxylic acids is 1. The number of carbonyl (C=O) groups is 1. The van der Waals surface area contributed by atoms with E-state index in [2.05, 4.69) is 10.3 Å². The molecule has 114 valence electrons. The molecular weight excluding hydrogens is 302 g/mol. The third-order valence-corrected chi connectivity index (χ3v) is 4.15. The smallest absolute Gasteiger partial charge is 0.287 e. The van der Waals surface area contributed by atoms with Crippen LogP contribution in [0.15, 0.2) is 53.7 Å². The van der Waals surface area contributed by atoms with Crippen LogP contribution >= 0.6 is 11.8 Å². The first kappa shape index (κ1) is 16.0. The van der Waals surface area contributed by atoms with E-state index in [1.54, 1.807) is 13.1 Å². The van der Waals surface area contributed by atoms with Gasteiger partial charge in [-0.25, -0.2) is 4.98 Å². The molecule has 6 nitrogen and oxygen atoms in total. The molecule has 1 amide bonds. The Morgan fingerprint density at radius 2 is 2.05 bits per heavy atom. The fraction of sp³-hybridized carbons (Fsp3) is 0.200. The van der Waals surface area contributed by atoms with Crippen LogP contribution in [0.5, 0.6) is 0 Å². The Morgan fingerprint density at radius 1 is 1.32 bits per heavy atom. The van der Waals surface area contributed by atoms with Gasteiger partial charge in [0.1, 0.15) is 6.20 Å². The zero-order valence-corrected chi connectivity index (χ0v) is 12.7. The minimum Gasteiger partial charge on any atom is -0.358 e. The van der Waals surface area contributed by atoms with Crippen molar-refractivity contribution in [3.8, 4) is 0 Å². The SMILES string of the molecule is CNC(=O)[C@@H](Cc1ccccc1)Sc1ccc([N+](=O)[O-])cn1. The van der Waals surface area contributed by atoms with Crippen LogP contribution in [0.4, 0.5) is 5.69 Å². The molecule has 1 aromatic carbocycles. The Balaban J connectivity index is 2.12. The summed E-state index contributed by atoms with van der Waals surface area (Å²) in [5.74, 6) is -0.103. The lowest BCUT2D eigenvalue weighted by Gasteiger charge is -2.14. The first-order chi connectivity index (χ1) is 10.6. The molecule has 0 aliphatic rings. The van der Waals surface area contributed by atoms with Gasteiger partial charge in [0.15, 0.2) is 0 Å². The Morgan fingerprint density at radius 3 is 2.59 bits per heavy atom. The molecule has 0 fully saturated rings. The number of amides is 1. The van der Waals surface area contributed by atoms with Crippen molar-refractivity contribution in [1.82, 2.24) is 10.3 Å². The second-order valence-electron chi connectivity index (χ2n) is 4.52. The highest BCUT2D eigenvalue weighted by Gasteiger charge is 2.20. The van der Waals surface area contributed by atoms with E-state index in [1.807, 2.05) is 30.3 Å². The first-order valence-electron chi connectivity index (χ1n) is 6.63. The molecule has 0 radical (unpaired) electrons. The molecule has 0 unspecified atom stereocenters. The summed E-state index contributed by atoms with van der Waals surface area (Å²) in [4.78, 5) is 26.2. The lowest BCUT2D eigenvalue weighted by molar-refractivity contribution is -0.385. The lowest BCUT2D eigenvalue weighted by atomic mass is 10.1.